The van der Waals surface area contributed by atoms with Gasteiger partial charge < -0.3 is 14.4 Å². The van der Waals surface area contributed by atoms with E-state index in [0.29, 0.717) is 14.4 Å². The molecule has 0 saturated carbocycles. The van der Waals surface area contributed by atoms with Crippen molar-refractivity contribution in [2.24, 2.45) is 0 Å². The van der Waals surface area contributed by atoms with Crippen LogP contribution in [0.15, 0.2) is 0 Å². The second-order valence-corrected chi connectivity index (χ2v) is 8.81. The van der Waals surface area contributed by atoms with E-state index in [-0.39, 0.29) is 12.2 Å². The molecule has 0 aromatic carbocycles. The van der Waals surface area contributed by atoms with Gasteiger partial charge in [0, 0.05) is 40.4 Å². The fraction of sp³-hybridized carbons (Fsp3) is 0.778. The van der Waals surface area contributed by atoms with Gasteiger partial charge in [-0.25, -0.2) is 8.42 Å². The molecule has 0 aromatic rings. The summed E-state index contributed by atoms with van der Waals surface area (Å²) in [6.45, 7) is 0. The smallest absolute Gasteiger partial charge is 0.297 e. The summed E-state index contributed by atoms with van der Waals surface area (Å²) in [5.74, 6) is 0.123. The van der Waals surface area contributed by atoms with E-state index in [0.717, 1.165) is 0 Å². The maximum absolute atomic E-state index is 10.6. The molecule has 18 heavy (non-hydrogen) atoms. The zero-order valence-electron chi connectivity index (χ0n) is 10.9. The number of rotatable bonds is 4. The van der Waals surface area contributed by atoms with Crippen LogP contribution in [0.4, 0.5) is 0 Å². The largest absolute Gasteiger partial charge is 0.748 e. The molecular weight excluding hydrogens is 312 g/mol. The van der Waals surface area contributed by atoms with Crippen LogP contribution in [-0.4, -0.2) is 71.1 Å². The fourth-order valence-electron chi connectivity index (χ4n) is 1.07. The maximum Gasteiger partial charge on any atom is 0.297 e. The first-order chi connectivity index (χ1) is 8.06. The second kappa shape index (κ2) is 7.59. The Morgan fingerprint density at radius 2 is 1.50 bits per heavy atom. The summed E-state index contributed by atoms with van der Waals surface area (Å²) >= 11 is 10.6. The Morgan fingerprint density at radius 3 is 1.78 bits per heavy atom. The molecule has 0 aromatic heterocycles. The quantitative estimate of drug-likeness (QED) is 0.415. The standard InChI is InChI=1S/C9H18N2O3S4/c1-10(2)8(15)17(9(16)11(3)4)6-5-7-18(12,13)14/h5-7H2,1-4H3. The van der Waals surface area contributed by atoms with Crippen molar-refractivity contribution in [3.05, 3.63) is 0 Å². The van der Waals surface area contributed by atoms with Crippen molar-refractivity contribution in [1.29, 1.82) is 0 Å². The summed E-state index contributed by atoms with van der Waals surface area (Å²) in [4.78, 5) is 3.58. The van der Waals surface area contributed by atoms with E-state index < -0.39 is 21.0 Å². The van der Waals surface area contributed by atoms with Crippen LogP contribution in [0.2, 0.25) is 0 Å². The van der Waals surface area contributed by atoms with Crippen molar-refractivity contribution in [3.63, 3.8) is 0 Å². The highest BCUT2D eigenvalue weighted by molar-refractivity contribution is 8.35. The molecule has 0 atom stereocenters. The van der Waals surface area contributed by atoms with Crippen LogP contribution in [-0.2, 0) is 21.0 Å². The third-order valence-corrected chi connectivity index (χ3v) is 6.89. The Balaban J connectivity index is 4.69. The van der Waals surface area contributed by atoms with Crippen molar-refractivity contribution in [3.8, 4) is 0 Å². The summed E-state index contributed by atoms with van der Waals surface area (Å²) < 4.78 is 33.1. The molecule has 9 heteroatoms. The minimum absolute atomic E-state index is 0.275. The normalized spacial score (nSPS) is 11.4. The zero-order valence-corrected chi connectivity index (χ0v) is 14.1. The molecule has 5 nitrogen and oxygen atoms in total. The highest BCUT2D eigenvalue weighted by atomic mass is 32.2. The third kappa shape index (κ3) is 6.83. The van der Waals surface area contributed by atoms with Gasteiger partial charge in [-0.05, 0) is 24.4 Å². The summed E-state index contributed by atoms with van der Waals surface area (Å²) in [6, 6.07) is 0. The summed E-state index contributed by atoms with van der Waals surface area (Å²) in [6.07, 6.45) is 0.275. The Hall–Kier alpha value is 0.0400. The first kappa shape index (κ1) is 18.0. The number of nitrogens with zero attached hydrogens (tertiary/aromatic N) is 2. The minimum Gasteiger partial charge on any atom is -0.748 e. The van der Waals surface area contributed by atoms with E-state index in [1.165, 1.54) is 0 Å². The van der Waals surface area contributed by atoms with Gasteiger partial charge in [0.2, 0.25) is 0 Å². The molecule has 0 rings (SSSR count). The van der Waals surface area contributed by atoms with Crippen LogP contribution in [0, 0.1) is 0 Å². The van der Waals surface area contributed by atoms with Crippen LogP contribution in [0.1, 0.15) is 6.42 Å². The molecule has 0 radical (unpaired) electrons. The molecule has 0 aliphatic heterocycles. The summed E-state index contributed by atoms with van der Waals surface area (Å²) in [5, 5.41) is 0. The number of hydrogen-bond donors (Lipinski definition) is 0. The van der Waals surface area contributed by atoms with E-state index in [4.69, 9.17) is 24.4 Å². The molecule has 0 amide bonds. The minimum atomic E-state index is -4.17. The predicted octanol–water partition coefficient (Wildman–Crippen LogP) is 0.233. The van der Waals surface area contributed by atoms with Gasteiger partial charge >= 0.3 is 0 Å². The highest BCUT2D eigenvalue weighted by Crippen LogP contribution is 2.11. The predicted molar refractivity (Wildman–Crippen MR) is 84.0 cm³/mol. The van der Waals surface area contributed by atoms with Crippen molar-refractivity contribution in [2.45, 2.75) is 6.42 Å². The van der Waals surface area contributed by atoms with Gasteiger partial charge in [0.15, 0.2) is 0 Å². The molecule has 0 heterocycles. The zero-order chi connectivity index (χ0) is 14.5. The summed E-state index contributed by atoms with van der Waals surface area (Å²) in [5.41, 5.74) is 0. The van der Waals surface area contributed by atoms with Crippen LogP contribution in [0.3, 0.4) is 0 Å². The maximum atomic E-state index is 10.6. The molecule has 0 N–H and O–H groups in total. The monoisotopic (exact) mass is 330 g/mol. The van der Waals surface area contributed by atoms with E-state index in [1.54, 1.807) is 9.80 Å². The van der Waals surface area contributed by atoms with Gasteiger partial charge in [0.1, 0.15) is 16.6 Å². The van der Waals surface area contributed by atoms with Gasteiger partial charge in [-0.3, -0.25) is 0 Å². The molecule has 106 valence electrons. The lowest BCUT2D eigenvalue weighted by molar-refractivity contribution is 0.462. The molecule has 0 aliphatic carbocycles. The van der Waals surface area contributed by atoms with Crippen molar-refractivity contribution >= 4 is 54.1 Å². The molecular formula is C9H18N2O3S4. The topological polar surface area (TPSA) is 63.7 Å². The molecule has 0 fully saturated rings. The Morgan fingerprint density at radius 1 is 1.11 bits per heavy atom. The van der Waals surface area contributed by atoms with E-state index >= 15 is 0 Å². The SMILES string of the molecule is CN(C)C(=S)[S+](CCCS(=O)(=O)[O-])C(=S)N(C)C. The first-order valence-electron chi connectivity index (χ1n) is 5.13. The van der Waals surface area contributed by atoms with E-state index in [1.807, 2.05) is 28.2 Å². The average Bonchev–Trinajstić information content (AvgIpc) is 2.20. The fourth-order valence-corrected chi connectivity index (χ4v) is 4.70. The molecule has 0 aliphatic rings. The number of thiocarbonyl (C=S) groups is 2. The van der Waals surface area contributed by atoms with Crippen LogP contribution in [0.25, 0.3) is 0 Å². The van der Waals surface area contributed by atoms with E-state index in [9.17, 15) is 13.0 Å². The van der Waals surface area contributed by atoms with Gasteiger partial charge in [-0.15, -0.1) is 0 Å². The van der Waals surface area contributed by atoms with Crippen LogP contribution >= 0.6 is 24.4 Å². The second-order valence-electron chi connectivity index (χ2n) is 4.03. The lowest BCUT2D eigenvalue weighted by atomic mass is 10.6. The molecule has 0 bridgehead atoms. The van der Waals surface area contributed by atoms with Crippen LogP contribution < -0.4 is 0 Å². The van der Waals surface area contributed by atoms with Gasteiger partial charge in [0.05, 0.1) is 10.1 Å². The lowest BCUT2D eigenvalue weighted by Crippen LogP contribution is -2.40. The van der Waals surface area contributed by atoms with Crippen molar-refractivity contribution in [2.75, 3.05) is 39.7 Å². The molecule has 0 saturated heterocycles. The van der Waals surface area contributed by atoms with Crippen LogP contribution in [0.5, 0.6) is 0 Å². The van der Waals surface area contributed by atoms with E-state index in [2.05, 4.69) is 0 Å². The van der Waals surface area contributed by atoms with Gasteiger partial charge in [-0.1, -0.05) is 0 Å². The van der Waals surface area contributed by atoms with Gasteiger partial charge in [0.25, 0.3) is 8.64 Å². The average molecular weight is 331 g/mol. The summed E-state index contributed by atoms with van der Waals surface area (Å²) in [7, 11) is 2.63. The molecule has 0 spiro atoms. The third-order valence-electron chi connectivity index (χ3n) is 1.89. The molecule has 0 unspecified atom stereocenters. The van der Waals surface area contributed by atoms with Crippen molar-refractivity contribution in [1.82, 2.24) is 9.80 Å². The Kier molecular flexibility index (Phi) is 7.60. The first-order valence-corrected chi connectivity index (χ1v) is 8.92. The Labute approximate surface area is 123 Å². The van der Waals surface area contributed by atoms with Crippen molar-refractivity contribution < 1.29 is 13.0 Å². The lowest BCUT2D eigenvalue weighted by Gasteiger charge is -2.18. The highest BCUT2D eigenvalue weighted by Gasteiger charge is 2.34. The van der Waals surface area contributed by atoms with Gasteiger partial charge in [-0.2, -0.15) is 0 Å². The number of hydrogen-bond acceptors (Lipinski definition) is 5. The Bertz CT molecular complexity index is 386.